The molecule has 2 rings (SSSR count). The quantitative estimate of drug-likeness (QED) is 0.724. The monoisotopic (exact) mass is 263 g/mol. The normalized spacial score (nSPS) is 29.6. The third-order valence-electron chi connectivity index (χ3n) is 3.21. The Morgan fingerprint density at radius 3 is 2.94 bits per heavy atom. The zero-order valence-electron chi connectivity index (χ0n) is 9.36. The van der Waals surface area contributed by atoms with Crippen molar-refractivity contribution in [3.63, 3.8) is 0 Å². The van der Waals surface area contributed by atoms with Gasteiger partial charge < -0.3 is 9.64 Å². The first kappa shape index (κ1) is 12.5. The average molecular weight is 264 g/mol. The summed E-state index contributed by atoms with van der Waals surface area (Å²) in [5.41, 5.74) is 0. The van der Waals surface area contributed by atoms with Gasteiger partial charge in [-0.1, -0.05) is 0 Å². The third-order valence-corrected chi connectivity index (χ3v) is 4.58. The smallest absolute Gasteiger partial charge is 0.237 e. The fraction of sp³-hybridized carbons (Fsp3) is 0.909. The summed E-state index contributed by atoms with van der Waals surface area (Å²) in [6, 6.07) is 0.375. The van der Waals surface area contributed by atoms with Gasteiger partial charge in [0.2, 0.25) is 5.91 Å². The number of thioether (sulfide) groups is 1. The summed E-state index contributed by atoms with van der Waals surface area (Å²) < 4.78 is 5.59. The predicted octanol–water partition coefficient (Wildman–Crippen LogP) is 1.74. The van der Waals surface area contributed by atoms with Crippen molar-refractivity contribution in [3.05, 3.63) is 0 Å². The molecule has 0 bridgehead atoms. The van der Waals surface area contributed by atoms with Gasteiger partial charge in [0.15, 0.2) is 0 Å². The highest BCUT2D eigenvalue weighted by molar-refractivity contribution is 7.99. The largest absolute Gasteiger partial charge is 0.376 e. The van der Waals surface area contributed by atoms with Gasteiger partial charge in [0.1, 0.15) is 5.88 Å². The number of amides is 1. The van der Waals surface area contributed by atoms with Crippen molar-refractivity contribution in [2.75, 3.05) is 30.5 Å². The van der Waals surface area contributed by atoms with Crippen molar-refractivity contribution < 1.29 is 9.53 Å². The van der Waals surface area contributed by atoms with Gasteiger partial charge in [-0.05, 0) is 25.0 Å². The Kier molecular flexibility index (Phi) is 4.79. The van der Waals surface area contributed by atoms with E-state index in [1.54, 1.807) is 0 Å². The molecule has 92 valence electrons. The molecule has 5 heteroatoms. The van der Waals surface area contributed by atoms with Crippen LogP contribution in [0.5, 0.6) is 0 Å². The van der Waals surface area contributed by atoms with Gasteiger partial charge in [-0.25, -0.2) is 0 Å². The van der Waals surface area contributed by atoms with E-state index in [4.69, 9.17) is 16.3 Å². The molecule has 0 radical (unpaired) electrons. The molecule has 1 amide bonds. The van der Waals surface area contributed by atoms with E-state index in [0.29, 0.717) is 6.04 Å². The fourth-order valence-electron chi connectivity index (χ4n) is 2.31. The molecule has 0 aromatic carbocycles. The summed E-state index contributed by atoms with van der Waals surface area (Å²) in [5, 5.41) is 0. The Morgan fingerprint density at radius 2 is 2.38 bits per heavy atom. The van der Waals surface area contributed by atoms with Crippen LogP contribution >= 0.6 is 23.4 Å². The molecule has 2 fully saturated rings. The second-order valence-corrected chi connectivity index (χ2v) is 5.75. The summed E-state index contributed by atoms with van der Waals surface area (Å²) in [6.07, 6.45) is 3.52. The fourth-order valence-corrected chi connectivity index (χ4v) is 3.68. The van der Waals surface area contributed by atoms with Crippen molar-refractivity contribution in [2.45, 2.75) is 31.4 Å². The van der Waals surface area contributed by atoms with Gasteiger partial charge in [-0.15, -0.1) is 11.6 Å². The van der Waals surface area contributed by atoms with Gasteiger partial charge >= 0.3 is 0 Å². The number of carbonyl (C=O) groups is 1. The molecule has 2 heterocycles. The molecule has 2 atom stereocenters. The van der Waals surface area contributed by atoms with Gasteiger partial charge in [-0.2, -0.15) is 11.8 Å². The van der Waals surface area contributed by atoms with Crippen molar-refractivity contribution in [2.24, 2.45) is 0 Å². The summed E-state index contributed by atoms with van der Waals surface area (Å²) >= 11 is 7.59. The van der Waals surface area contributed by atoms with Crippen molar-refractivity contribution in [1.29, 1.82) is 0 Å². The average Bonchev–Trinajstić information content (AvgIpc) is 2.97. The number of hydrogen-bond donors (Lipinski definition) is 0. The Balaban J connectivity index is 1.92. The van der Waals surface area contributed by atoms with E-state index < -0.39 is 0 Å². The maximum absolute atomic E-state index is 11.8. The number of halogens is 1. The Bertz CT molecular complexity index is 240. The van der Waals surface area contributed by atoms with Crippen molar-refractivity contribution in [3.8, 4) is 0 Å². The van der Waals surface area contributed by atoms with Crippen LogP contribution in [0.2, 0.25) is 0 Å². The molecule has 0 saturated carbocycles. The van der Waals surface area contributed by atoms with Crippen LogP contribution < -0.4 is 0 Å². The third kappa shape index (κ3) is 3.05. The van der Waals surface area contributed by atoms with Crippen LogP contribution in [0.15, 0.2) is 0 Å². The molecule has 2 saturated heterocycles. The summed E-state index contributed by atoms with van der Waals surface area (Å²) in [4.78, 5) is 13.8. The van der Waals surface area contributed by atoms with E-state index in [-0.39, 0.29) is 17.9 Å². The lowest BCUT2D eigenvalue weighted by Crippen LogP contribution is -2.45. The number of ether oxygens (including phenoxy) is 1. The summed E-state index contributed by atoms with van der Waals surface area (Å²) in [5.74, 6) is 2.36. The minimum absolute atomic E-state index is 0.0599. The van der Waals surface area contributed by atoms with Gasteiger partial charge in [0.25, 0.3) is 0 Å². The topological polar surface area (TPSA) is 29.5 Å². The Hall–Kier alpha value is 0.0700. The van der Waals surface area contributed by atoms with E-state index in [9.17, 15) is 4.79 Å². The molecule has 2 aliphatic heterocycles. The first-order valence-electron chi connectivity index (χ1n) is 5.86. The lowest BCUT2D eigenvalue weighted by Gasteiger charge is -2.30. The lowest BCUT2D eigenvalue weighted by molar-refractivity contribution is -0.132. The lowest BCUT2D eigenvalue weighted by atomic mass is 10.1. The summed E-state index contributed by atoms with van der Waals surface area (Å²) in [6.45, 7) is 1.57. The van der Waals surface area contributed by atoms with Crippen molar-refractivity contribution >= 4 is 29.3 Å². The number of nitrogens with zero attached hydrogens (tertiary/aromatic N) is 1. The minimum Gasteiger partial charge on any atom is -0.376 e. The molecule has 0 N–H and O–H groups in total. The van der Waals surface area contributed by atoms with E-state index in [1.807, 2.05) is 16.7 Å². The molecule has 0 aromatic rings. The molecular weight excluding hydrogens is 246 g/mol. The first-order chi connectivity index (χ1) is 7.81. The van der Waals surface area contributed by atoms with Crippen LogP contribution in [-0.2, 0) is 9.53 Å². The standard InChI is InChI=1S/C11H18ClNO2S/c12-6-11(14)13(9-3-5-16-8-9)7-10-2-1-4-15-10/h9-10H,1-8H2. The van der Waals surface area contributed by atoms with E-state index in [0.717, 1.165) is 43.9 Å². The SMILES string of the molecule is O=C(CCl)N(CC1CCCO1)C1CCSC1. The minimum atomic E-state index is 0.0599. The molecule has 2 unspecified atom stereocenters. The van der Waals surface area contributed by atoms with Crippen LogP contribution in [-0.4, -0.2) is 53.5 Å². The van der Waals surface area contributed by atoms with Crippen LogP contribution in [0.1, 0.15) is 19.3 Å². The molecule has 16 heavy (non-hydrogen) atoms. The zero-order chi connectivity index (χ0) is 11.4. The molecule has 0 aromatic heterocycles. The van der Waals surface area contributed by atoms with Gasteiger partial charge in [-0.3, -0.25) is 4.79 Å². The highest BCUT2D eigenvalue weighted by atomic mass is 35.5. The summed E-state index contributed by atoms with van der Waals surface area (Å²) in [7, 11) is 0. The van der Waals surface area contributed by atoms with E-state index in [2.05, 4.69) is 0 Å². The van der Waals surface area contributed by atoms with Gasteiger partial charge in [0, 0.05) is 24.9 Å². The molecular formula is C11H18ClNO2S. The number of alkyl halides is 1. The predicted molar refractivity (Wildman–Crippen MR) is 67.1 cm³/mol. The Labute approximate surface area is 106 Å². The molecule has 0 spiro atoms. The van der Waals surface area contributed by atoms with E-state index in [1.165, 1.54) is 0 Å². The zero-order valence-corrected chi connectivity index (χ0v) is 10.9. The van der Waals surface area contributed by atoms with Crippen LogP contribution in [0, 0.1) is 0 Å². The second kappa shape index (κ2) is 6.12. The van der Waals surface area contributed by atoms with E-state index >= 15 is 0 Å². The molecule has 0 aliphatic carbocycles. The van der Waals surface area contributed by atoms with Crippen LogP contribution in [0.4, 0.5) is 0 Å². The van der Waals surface area contributed by atoms with Crippen LogP contribution in [0.3, 0.4) is 0 Å². The van der Waals surface area contributed by atoms with Gasteiger partial charge in [0.05, 0.1) is 6.10 Å². The highest BCUT2D eigenvalue weighted by Crippen LogP contribution is 2.24. The Morgan fingerprint density at radius 1 is 1.50 bits per heavy atom. The molecule has 2 aliphatic rings. The second-order valence-electron chi connectivity index (χ2n) is 4.33. The van der Waals surface area contributed by atoms with Crippen molar-refractivity contribution in [1.82, 2.24) is 4.90 Å². The maximum Gasteiger partial charge on any atom is 0.237 e. The number of carbonyl (C=O) groups excluding carboxylic acids is 1. The first-order valence-corrected chi connectivity index (χ1v) is 7.55. The maximum atomic E-state index is 11.8. The highest BCUT2D eigenvalue weighted by Gasteiger charge is 2.29. The molecule has 3 nitrogen and oxygen atoms in total. The number of hydrogen-bond acceptors (Lipinski definition) is 3. The number of rotatable bonds is 4. The van der Waals surface area contributed by atoms with Crippen LogP contribution in [0.25, 0.3) is 0 Å².